The molecule has 1 saturated heterocycles. The van der Waals surface area contributed by atoms with Gasteiger partial charge in [0.1, 0.15) is 0 Å². The van der Waals surface area contributed by atoms with Gasteiger partial charge in [-0.15, -0.1) is 0 Å². The first-order valence-electron chi connectivity index (χ1n) is 5.91. The van der Waals surface area contributed by atoms with Gasteiger partial charge in [-0.05, 0) is 27.7 Å². The first-order chi connectivity index (χ1) is 7.78. The molecule has 0 aromatic rings. The molecule has 0 saturated carbocycles. The van der Waals surface area contributed by atoms with E-state index in [1.165, 1.54) is 4.90 Å². The van der Waals surface area contributed by atoms with Crippen LogP contribution >= 0.6 is 0 Å². The number of likely N-dealkylation sites (tertiary alicyclic amines) is 1. The fourth-order valence-corrected chi connectivity index (χ4v) is 2.18. The zero-order valence-electron chi connectivity index (χ0n) is 11.2. The third-order valence-corrected chi connectivity index (χ3v) is 2.77. The number of methoxy groups -OCH3 is 1. The molecule has 1 atom stereocenters. The Labute approximate surface area is 102 Å². The summed E-state index contributed by atoms with van der Waals surface area (Å²) in [6.45, 7) is 8.09. The van der Waals surface area contributed by atoms with E-state index in [1.54, 1.807) is 7.11 Å². The number of ether oxygens (including phenoxy) is 1. The maximum Gasteiger partial charge on any atom is 0.247 e. The number of amides is 2. The maximum atomic E-state index is 12.0. The van der Waals surface area contributed by atoms with Gasteiger partial charge in [0.2, 0.25) is 11.8 Å². The fraction of sp³-hybridized carbons (Fsp3) is 0.833. The van der Waals surface area contributed by atoms with E-state index in [1.807, 2.05) is 27.7 Å². The second-order valence-electron chi connectivity index (χ2n) is 5.41. The zero-order chi connectivity index (χ0) is 13.2. The molecule has 1 aliphatic rings. The lowest BCUT2D eigenvalue weighted by Gasteiger charge is -2.28. The molecule has 98 valence electrons. The Morgan fingerprint density at radius 3 is 2.47 bits per heavy atom. The van der Waals surface area contributed by atoms with Crippen LogP contribution in [-0.2, 0) is 14.3 Å². The van der Waals surface area contributed by atoms with Crippen LogP contribution in [0.2, 0.25) is 0 Å². The SMILES string of the molecule is COCC(C)(C)NC1CC(=O)N(C(C)C)C1=O. The summed E-state index contributed by atoms with van der Waals surface area (Å²) >= 11 is 0. The van der Waals surface area contributed by atoms with Crippen molar-refractivity contribution in [3.63, 3.8) is 0 Å². The van der Waals surface area contributed by atoms with E-state index in [0.717, 1.165) is 0 Å². The second-order valence-corrected chi connectivity index (χ2v) is 5.41. The van der Waals surface area contributed by atoms with Crippen molar-refractivity contribution in [2.45, 2.75) is 51.7 Å². The van der Waals surface area contributed by atoms with Crippen molar-refractivity contribution in [2.75, 3.05) is 13.7 Å². The Balaban J connectivity index is 2.70. The highest BCUT2D eigenvalue weighted by molar-refractivity contribution is 6.05. The Bertz CT molecular complexity index is 313. The minimum Gasteiger partial charge on any atom is -0.383 e. The van der Waals surface area contributed by atoms with Gasteiger partial charge in [-0.3, -0.25) is 19.8 Å². The molecule has 5 heteroatoms. The molecule has 17 heavy (non-hydrogen) atoms. The Morgan fingerprint density at radius 1 is 1.47 bits per heavy atom. The monoisotopic (exact) mass is 242 g/mol. The predicted octanol–water partition coefficient (Wildman–Crippen LogP) is 0.537. The molecule has 0 bridgehead atoms. The normalized spacial score (nSPS) is 21.8. The summed E-state index contributed by atoms with van der Waals surface area (Å²) in [7, 11) is 1.62. The molecule has 2 amide bonds. The highest BCUT2D eigenvalue weighted by Crippen LogP contribution is 2.18. The Morgan fingerprint density at radius 2 is 2.06 bits per heavy atom. The highest BCUT2D eigenvalue weighted by Gasteiger charge is 2.41. The number of hydrogen-bond acceptors (Lipinski definition) is 4. The average Bonchev–Trinajstić information content (AvgIpc) is 2.40. The summed E-state index contributed by atoms with van der Waals surface area (Å²) in [5, 5.41) is 3.18. The van der Waals surface area contributed by atoms with E-state index in [9.17, 15) is 9.59 Å². The average molecular weight is 242 g/mol. The Hall–Kier alpha value is -0.940. The van der Waals surface area contributed by atoms with E-state index in [2.05, 4.69) is 5.32 Å². The summed E-state index contributed by atoms with van der Waals surface area (Å²) in [5.41, 5.74) is -0.317. The van der Waals surface area contributed by atoms with Gasteiger partial charge in [-0.1, -0.05) is 0 Å². The quantitative estimate of drug-likeness (QED) is 0.715. The lowest BCUT2D eigenvalue weighted by atomic mass is 10.0. The molecule has 0 spiro atoms. The van der Waals surface area contributed by atoms with Gasteiger partial charge < -0.3 is 4.74 Å². The van der Waals surface area contributed by atoms with Crippen molar-refractivity contribution >= 4 is 11.8 Å². The van der Waals surface area contributed by atoms with E-state index < -0.39 is 6.04 Å². The van der Waals surface area contributed by atoms with Crippen LogP contribution < -0.4 is 5.32 Å². The third-order valence-electron chi connectivity index (χ3n) is 2.77. The second kappa shape index (κ2) is 5.14. The molecule has 1 aliphatic heterocycles. The molecular weight excluding hydrogens is 220 g/mol. The van der Waals surface area contributed by atoms with Gasteiger partial charge in [0.15, 0.2) is 0 Å². The number of rotatable bonds is 5. The van der Waals surface area contributed by atoms with Crippen molar-refractivity contribution in [3.8, 4) is 0 Å². The molecule has 1 rings (SSSR count). The van der Waals surface area contributed by atoms with Crippen LogP contribution in [0.15, 0.2) is 0 Å². The van der Waals surface area contributed by atoms with Crippen molar-refractivity contribution in [1.82, 2.24) is 10.2 Å². The van der Waals surface area contributed by atoms with Gasteiger partial charge >= 0.3 is 0 Å². The van der Waals surface area contributed by atoms with Crippen LogP contribution in [0.4, 0.5) is 0 Å². The number of carbonyl (C=O) groups excluding carboxylic acids is 2. The Kier molecular flexibility index (Phi) is 4.27. The summed E-state index contributed by atoms with van der Waals surface area (Å²) in [6, 6.07) is -0.498. The van der Waals surface area contributed by atoms with Gasteiger partial charge in [-0.25, -0.2) is 0 Å². The van der Waals surface area contributed by atoms with E-state index >= 15 is 0 Å². The molecule has 0 aromatic carbocycles. The molecule has 1 heterocycles. The molecule has 0 aliphatic carbocycles. The molecule has 0 aromatic heterocycles. The van der Waals surface area contributed by atoms with Crippen LogP contribution in [0.25, 0.3) is 0 Å². The van der Waals surface area contributed by atoms with Crippen LogP contribution in [-0.4, -0.2) is 48.1 Å². The third kappa shape index (κ3) is 3.26. The summed E-state index contributed by atoms with van der Waals surface area (Å²) in [6.07, 6.45) is 0.240. The van der Waals surface area contributed by atoms with Crippen molar-refractivity contribution < 1.29 is 14.3 Å². The molecule has 0 radical (unpaired) electrons. The number of hydrogen-bond donors (Lipinski definition) is 1. The summed E-state index contributed by atoms with van der Waals surface area (Å²) in [5.74, 6) is -0.232. The lowest BCUT2D eigenvalue weighted by molar-refractivity contribution is -0.140. The van der Waals surface area contributed by atoms with Crippen LogP contribution in [0, 0.1) is 0 Å². The fourth-order valence-electron chi connectivity index (χ4n) is 2.18. The van der Waals surface area contributed by atoms with E-state index in [0.29, 0.717) is 6.61 Å². The number of imide groups is 1. The van der Waals surface area contributed by atoms with Crippen LogP contribution in [0.3, 0.4) is 0 Å². The number of nitrogens with zero attached hydrogens (tertiary/aromatic N) is 1. The van der Waals surface area contributed by atoms with Gasteiger partial charge in [0.25, 0.3) is 0 Å². The van der Waals surface area contributed by atoms with E-state index in [4.69, 9.17) is 4.74 Å². The van der Waals surface area contributed by atoms with Crippen molar-refractivity contribution in [2.24, 2.45) is 0 Å². The standard InChI is InChI=1S/C12H22N2O3/c1-8(2)14-10(15)6-9(11(14)16)13-12(3,4)7-17-5/h8-9,13H,6-7H2,1-5H3. The first kappa shape index (κ1) is 14.1. The lowest BCUT2D eigenvalue weighted by Crippen LogP contribution is -2.52. The minimum absolute atomic E-state index is 0.0765. The minimum atomic E-state index is -0.421. The predicted molar refractivity (Wildman–Crippen MR) is 64.5 cm³/mol. The number of carbonyl (C=O) groups is 2. The highest BCUT2D eigenvalue weighted by atomic mass is 16.5. The smallest absolute Gasteiger partial charge is 0.247 e. The van der Waals surface area contributed by atoms with Gasteiger partial charge in [0.05, 0.1) is 19.1 Å². The van der Waals surface area contributed by atoms with Crippen molar-refractivity contribution in [3.05, 3.63) is 0 Å². The van der Waals surface area contributed by atoms with Crippen LogP contribution in [0.5, 0.6) is 0 Å². The first-order valence-corrected chi connectivity index (χ1v) is 5.91. The zero-order valence-corrected chi connectivity index (χ0v) is 11.2. The van der Waals surface area contributed by atoms with Gasteiger partial charge in [-0.2, -0.15) is 0 Å². The number of nitrogens with one attached hydrogen (secondary N) is 1. The van der Waals surface area contributed by atoms with Crippen LogP contribution in [0.1, 0.15) is 34.1 Å². The topological polar surface area (TPSA) is 58.6 Å². The molecule has 5 nitrogen and oxygen atoms in total. The maximum absolute atomic E-state index is 12.0. The van der Waals surface area contributed by atoms with E-state index in [-0.39, 0.29) is 29.8 Å². The molecular formula is C12H22N2O3. The molecule has 1 N–H and O–H groups in total. The van der Waals surface area contributed by atoms with Crippen molar-refractivity contribution in [1.29, 1.82) is 0 Å². The van der Waals surface area contributed by atoms with Gasteiger partial charge in [0, 0.05) is 18.7 Å². The molecule has 1 fully saturated rings. The molecule has 1 unspecified atom stereocenters. The summed E-state index contributed by atoms with van der Waals surface area (Å²) < 4.78 is 5.08. The largest absolute Gasteiger partial charge is 0.383 e. The summed E-state index contributed by atoms with van der Waals surface area (Å²) in [4.78, 5) is 25.1.